The average Bonchev–Trinajstić information content (AvgIpc) is 3.25. The van der Waals surface area contributed by atoms with Crippen LogP contribution in [0.1, 0.15) is 44.7 Å². The van der Waals surface area contributed by atoms with E-state index in [4.69, 9.17) is 18.9 Å². The monoisotopic (exact) mass is 530 g/mol. The third-order valence-electron chi connectivity index (χ3n) is 7.09. The number of aromatic hydroxyl groups is 1. The maximum absolute atomic E-state index is 12.1. The molecular formula is C25H38O12. The van der Waals surface area contributed by atoms with Crippen molar-refractivity contribution < 1.29 is 59.5 Å². The van der Waals surface area contributed by atoms with Gasteiger partial charge in [0, 0.05) is 17.5 Å². The fourth-order valence-corrected chi connectivity index (χ4v) is 4.71. The molecule has 210 valence electrons. The Balaban J connectivity index is 1.95. The molecule has 37 heavy (non-hydrogen) atoms. The van der Waals surface area contributed by atoms with Gasteiger partial charge in [0.05, 0.1) is 43.5 Å². The summed E-state index contributed by atoms with van der Waals surface area (Å²) in [6, 6.07) is 2.57. The number of phenolic OH excluding ortho intramolecular Hbond substituents is 1. The van der Waals surface area contributed by atoms with Crippen LogP contribution in [0.3, 0.4) is 0 Å². The van der Waals surface area contributed by atoms with Crippen LogP contribution in [0.15, 0.2) is 12.1 Å². The summed E-state index contributed by atoms with van der Waals surface area (Å²) in [4.78, 5) is 12.1. The van der Waals surface area contributed by atoms with E-state index in [-0.39, 0.29) is 35.5 Å². The van der Waals surface area contributed by atoms with Crippen molar-refractivity contribution in [1.29, 1.82) is 0 Å². The molecule has 0 bridgehead atoms. The summed E-state index contributed by atoms with van der Waals surface area (Å²) in [7, 11) is 1.19. The predicted molar refractivity (Wildman–Crippen MR) is 127 cm³/mol. The van der Waals surface area contributed by atoms with Crippen LogP contribution in [0, 0.1) is 0 Å². The lowest BCUT2D eigenvalue weighted by Crippen LogP contribution is -2.60. The van der Waals surface area contributed by atoms with Gasteiger partial charge in [-0.1, -0.05) is 0 Å². The highest BCUT2D eigenvalue weighted by atomic mass is 16.7. The van der Waals surface area contributed by atoms with Crippen molar-refractivity contribution in [1.82, 2.24) is 0 Å². The number of hydrogen-bond acceptors (Lipinski definition) is 12. The van der Waals surface area contributed by atoms with E-state index in [1.54, 1.807) is 20.8 Å². The van der Waals surface area contributed by atoms with Crippen LogP contribution in [0.5, 0.6) is 11.5 Å². The number of aliphatic hydroxyl groups is 6. The van der Waals surface area contributed by atoms with Crippen LogP contribution in [0.2, 0.25) is 0 Å². The lowest BCUT2D eigenvalue weighted by atomic mass is 9.89. The molecule has 7 N–H and O–H groups in total. The van der Waals surface area contributed by atoms with Gasteiger partial charge in [-0.2, -0.15) is 0 Å². The first-order valence-electron chi connectivity index (χ1n) is 12.2. The molecule has 1 aromatic carbocycles. The van der Waals surface area contributed by atoms with Crippen molar-refractivity contribution in [2.24, 2.45) is 0 Å². The van der Waals surface area contributed by atoms with Gasteiger partial charge in [-0.3, -0.25) is 4.79 Å². The molecule has 0 saturated carbocycles. The first-order chi connectivity index (χ1) is 17.2. The third-order valence-corrected chi connectivity index (χ3v) is 7.09. The van der Waals surface area contributed by atoms with E-state index in [1.165, 1.54) is 19.2 Å². The second-order valence-electron chi connectivity index (χ2n) is 10.5. The minimum Gasteiger partial charge on any atom is -0.508 e. The summed E-state index contributed by atoms with van der Waals surface area (Å²) in [5.41, 5.74) is -1.77. The van der Waals surface area contributed by atoms with Crippen molar-refractivity contribution in [2.45, 2.75) is 101 Å². The first kappa shape index (κ1) is 29.5. The number of phenols is 1. The Morgan fingerprint density at radius 1 is 1.19 bits per heavy atom. The van der Waals surface area contributed by atoms with E-state index in [0.717, 1.165) is 0 Å². The minimum atomic E-state index is -1.72. The van der Waals surface area contributed by atoms with E-state index in [1.807, 2.05) is 0 Å². The molecule has 8 atom stereocenters. The summed E-state index contributed by atoms with van der Waals surface area (Å²) in [5, 5.41) is 72.1. The van der Waals surface area contributed by atoms with Crippen molar-refractivity contribution in [3.8, 4) is 11.5 Å². The highest BCUT2D eigenvalue weighted by molar-refractivity contribution is 5.74. The molecule has 0 aliphatic carbocycles. The van der Waals surface area contributed by atoms with Crippen LogP contribution in [-0.4, -0.2) is 110 Å². The molecule has 0 aromatic heterocycles. The quantitative estimate of drug-likeness (QED) is 0.191. The van der Waals surface area contributed by atoms with Gasteiger partial charge in [0.1, 0.15) is 35.9 Å². The largest absolute Gasteiger partial charge is 0.508 e. The van der Waals surface area contributed by atoms with Crippen molar-refractivity contribution in [3.05, 3.63) is 23.3 Å². The standard InChI is InChI=1S/C25H38O12/c1-24(2,33)17-5-6-25(3,37-17)16(28)9-12-7-14(27)8-13(10-18(29)34-4)22(12)36-23-21(32)20(31)19(30)15(11-26)35-23/h7-8,15-17,19-21,23,26-28,30-33H,5-6,9-11H2,1-4H3/t15-,16+,17-,19-,20+,21-,23+,25+/m1/s1. The number of carbonyl (C=O) groups is 1. The first-order valence-corrected chi connectivity index (χ1v) is 12.2. The van der Waals surface area contributed by atoms with Crippen molar-refractivity contribution >= 4 is 5.97 Å². The van der Waals surface area contributed by atoms with Gasteiger partial charge in [0.25, 0.3) is 0 Å². The highest BCUT2D eigenvalue weighted by Crippen LogP contribution is 2.40. The van der Waals surface area contributed by atoms with Gasteiger partial charge < -0.3 is 54.7 Å². The van der Waals surface area contributed by atoms with E-state index in [0.29, 0.717) is 12.8 Å². The average molecular weight is 531 g/mol. The number of esters is 1. The Kier molecular flexibility index (Phi) is 9.08. The molecule has 2 aliphatic heterocycles. The van der Waals surface area contributed by atoms with Gasteiger partial charge >= 0.3 is 5.97 Å². The van der Waals surface area contributed by atoms with E-state index >= 15 is 0 Å². The van der Waals surface area contributed by atoms with Gasteiger partial charge in [-0.15, -0.1) is 0 Å². The van der Waals surface area contributed by atoms with Crippen LogP contribution in [0.4, 0.5) is 0 Å². The van der Waals surface area contributed by atoms with Crippen LogP contribution >= 0.6 is 0 Å². The van der Waals surface area contributed by atoms with Crippen molar-refractivity contribution in [3.63, 3.8) is 0 Å². The number of benzene rings is 1. The SMILES string of the molecule is COC(=O)Cc1cc(O)cc(C[C@H](O)[C@]2(C)CC[C@H](C(C)(C)O)O2)c1O[C@@H]1O[C@H](CO)[C@@H](O)[C@H](O)[C@H]1O. The Morgan fingerprint density at radius 3 is 2.41 bits per heavy atom. The van der Waals surface area contributed by atoms with Gasteiger partial charge in [-0.25, -0.2) is 0 Å². The molecule has 0 spiro atoms. The summed E-state index contributed by atoms with van der Waals surface area (Å²) < 4.78 is 22.1. The maximum atomic E-state index is 12.1. The molecule has 2 fully saturated rings. The number of ether oxygens (including phenoxy) is 4. The van der Waals surface area contributed by atoms with Gasteiger partial charge in [0.2, 0.25) is 6.29 Å². The number of carbonyl (C=O) groups excluding carboxylic acids is 1. The van der Waals surface area contributed by atoms with Gasteiger partial charge in [-0.05, 0) is 45.7 Å². The molecule has 2 aliphatic rings. The van der Waals surface area contributed by atoms with Crippen LogP contribution < -0.4 is 4.74 Å². The van der Waals surface area contributed by atoms with E-state index in [2.05, 4.69) is 0 Å². The fourth-order valence-electron chi connectivity index (χ4n) is 4.71. The maximum Gasteiger partial charge on any atom is 0.310 e. The molecular weight excluding hydrogens is 492 g/mol. The molecule has 2 heterocycles. The van der Waals surface area contributed by atoms with Crippen LogP contribution in [-0.2, 0) is 31.8 Å². The summed E-state index contributed by atoms with van der Waals surface area (Å²) in [6.07, 6.45) is -8.96. The number of methoxy groups -OCH3 is 1. The third kappa shape index (κ3) is 6.52. The Hall–Kier alpha value is -2.03. The van der Waals surface area contributed by atoms with E-state index < -0.39 is 66.7 Å². The van der Waals surface area contributed by atoms with Crippen molar-refractivity contribution in [2.75, 3.05) is 13.7 Å². The molecule has 3 rings (SSSR count). The lowest BCUT2D eigenvalue weighted by molar-refractivity contribution is -0.277. The highest BCUT2D eigenvalue weighted by Gasteiger charge is 2.47. The summed E-state index contributed by atoms with van der Waals surface area (Å²) in [6.45, 7) is 4.28. The zero-order chi connectivity index (χ0) is 27.7. The Morgan fingerprint density at radius 2 is 1.84 bits per heavy atom. The number of aliphatic hydroxyl groups excluding tert-OH is 5. The molecule has 12 heteroatoms. The summed E-state index contributed by atoms with van der Waals surface area (Å²) >= 11 is 0. The number of rotatable bonds is 9. The smallest absolute Gasteiger partial charge is 0.310 e. The fraction of sp³-hybridized carbons (Fsp3) is 0.720. The minimum absolute atomic E-state index is 0.0211. The summed E-state index contributed by atoms with van der Waals surface area (Å²) in [5.74, 6) is -0.906. The predicted octanol–water partition coefficient (Wildman–Crippen LogP) is -1.10. The molecule has 12 nitrogen and oxygen atoms in total. The molecule has 0 unspecified atom stereocenters. The van der Waals surface area contributed by atoms with Gasteiger partial charge in [0.15, 0.2) is 0 Å². The van der Waals surface area contributed by atoms with Crippen LogP contribution in [0.25, 0.3) is 0 Å². The number of hydrogen-bond donors (Lipinski definition) is 7. The molecule has 0 radical (unpaired) electrons. The molecule has 2 saturated heterocycles. The normalized spacial score (nSPS) is 33.2. The second-order valence-corrected chi connectivity index (χ2v) is 10.5. The topological polar surface area (TPSA) is 196 Å². The second kappa shape index (κ2) is 11.4. The molecule has 1 aromatic rings. The molecule has 0 amide bonds. The Labute approximate surface area is 215 Å². The zero-order valence-corrected chi connectivity index (χ0v) is 21.4. The lowest BCUT2D eigenvalue weighted by Gasteiger charge is -2.40. The van der Waals surface area contributed by atoms with E-state index in [9.17, 15) is 40.5 Å². The Bertz CT molecular complexity index is 944. The zero-order valence-electron chi connectivity index (χ0n) is 21.4.